The van der Waals surface area contributed by atoms with Crippen molar-refractivity contribution in [2.45, 2.75) is 33.1 Å². The number of aliphatic imine (C=N–C) groups is 1. The molecule has 0 saturated heterocycles. The van der Waals surface area contributed by atoms with Gasteiger partial charge in [0, 0.05) is 40.1 Å². The highest BCUT2D eigenvalue weighted by atomic mass is 35.5. The molecule has 6 nitrogen and oxygen atoms in total. The summed E-state index contributed by atoms with van der Waals surface area (Å²) in [5.41, 5.74) is 5.32. The molecule has 5 rings (SSSR count). The lowest BCUT2D eigenvalue weighted by Gasteiger charge is -2.02. The number of nitrogens with one attached hydrogen (secondary N) is 2. The third-order valence-corrected chi connectivity index (χ3v) is 7.02. The zero-order valence-electron chi connectivity index (χ0n) is 18.5. The topological polar surface area (TPSA) is 78.8 Å². The Morgan fingerprint density at radius 3 is 2.88 bits per heavy atom. The number of hydrogen-bond donors (Lipinski definition) is 2. The fraction of sp³-hybridized carbons (Fsp3) is 0.240. The highest BCUT2D eigenvalue weighted by Crippen LogP contribution is 2.25. The van der Waals surface area contributed by atoms with Crippen LogP contribution in [0.2, 0.25) is 5.02 Å². The molecule has 2 aromatic carbocycles. The van der Waals surface area contributed by atoms with Crippen LogP contribution in [0.3, 0.4) is 0 Å². The van der Waals surface area contributed by atoms with Gasteiger partial charge in [0.15, 0.2) is 0 Å². The molecule has 0 aliphatic heterocycles. The van der Waals surface area contributed by atoms with Crippen LogP contribution >= 0.6 is 22.9 Å². The number of nitrogens with zero attached hydrogens (tertiary/aromatic N) is 3. The average molecular weight is 478 g/mol. The van der Waals surface area contributed by atoms with E-state index in [1.54, 1.807) is 4.68 Å². The van der Waals surface area contributed by atoms with E-state index in [2.05, 4.69) is 22.0 Å². The van der Waals surface area contributed by atoms with Gasteiger partial charge in [0.2, 0.25) is 5.13 Å². The minimum Gasteiger partial charge on any atom is -0.361 e. The van der Waals surface area contributed by atoms with Gasteiger partial charge >= 0.3 is 0 Å². The Bertz CT molecular complexity index is 1500. The van der Waals surface area contributed by atoms with Gasteiger partial charge < -0.3 is 4.98 Å². The van der Waals surface area contributed by atoms with Crippen molar-refractivity contribution in [1.29, 1.82) is 0 Å². The lowest BCUT2D eigenvalue weighted by molar-refractivity contribution is 0.790. The van der Waals surface area contributed by atoms with E-state index >= 15 is 0 Å². The first-order valence-corrected chi connectivity index (χ1v) is 12.2. The molecule has 0 spiro atoms. The fourth-order valence-corrected chi connectivity index (χ4v) is 5.25. The summed E-state index contributed by atoms with van der Waals surface area (Å²) >= 11 is 7.67. The minimum atomic E-state index is -0.0994. The van der Waals surface area contributed by atoms with Crippen molar-refractivity contribution in [2.75, 3.05) is 6.54 Å². The van der Waals surface area contributed by atoms with Gasteiger partial charge in [0.1, 0.15) is 0 Å². The van der Waals surface area contributed by atoms with Crippen LogP contribution < -0.4 is 5.56 Å². The van der Waals surface area contributed by atoms with Crippen molar-refractivity contribution in [2.24, 2.45) is 4.99 Å². The maximum Gasteiger partial charge on any atom is 0.282 e. The Labute approximate surface area is 200 Å². The van der Waals surface area contributed by atoms with Crippen LogP contribution in [-0.4, -0.2) is 32.0 Å². The van der Waals surface area contributed by atoms with Crippen molar-refractivity contribution in [3.8, 4) is 5.13 Å². The number of rotatable bonds is 7. The molecule has 0 saturated carbocycles. The maximum atomic E-state index is 13.4. The van der Waals surface area contributed by atoms with Gasteiger partial charge in [-0.3, -0.25) is 14.9 Å². The number of H-pyrrole nitrogens is 2. The van der Waals surface area contributed by atoms with Gasteiger partial charge in [-0.2, -0.15) is 4.68 Å². The third-order valence-electron chi connectivity index (χ3n) is 5.76. The summed E-state index contributed by atoms with van der Waals surface area (Å²) in [6, 6.07) is 13.7. The molecule has 0 fully saturated rings. The Balaban J connectivity index is 1.45. The predicted molar refractivity (Wildman–Crippen MR) is 138 cm³/mol. The van der Waals surface area contributed by atoms with E-state index in [-0.39, 0.29) is 5.56 Å². The number of aromatic nitrogens is 4. The summed E-state index contributed by atoms with van der Waals surface area (Å²) in [4.78, 5) is 26.1. The molecule has 5 aromatic rings. The number of fused-ring (bicyclic) bond motifs is 2. The first-order valence-electron chi connectivity index (χ1n) is 11.0. The van der Waals surface area contributed by atoms with Crippen LogP contribution in [0.1, 0.15) is 37.1 Å². The van der Waals surface area contributed by atoms with E-state index in [0.717, 1.165) is 56.8 Å². The molecule has 0 aliphatic rings. The molecule has 0 unspecified atom stereocenters. The van der Waals surface area contributed by atoms with Crippen molar-refractivity contribution < 1.29 is 0 Å². The van der Waals surface area contributed by atoms with Gasteiger partial charge in [0.05, 0.1) is 15.8 Å². The molecule has 0 bridgehead atoms. The van der Waals surface area contributed by atoms with Crippen molar-refractivity contribution in [1.82, 2.24) is 19.7 Å². The molecule has 2 N–H and O–H groups in total. The lowest BCUT2D eigenvalue weighted by atomic mass is 10.1. The molecule has 0 atom stereocenters. The second-order valence-corrected chi connectivity index (χ2v) is 9.49. The van der Waals surface area contributed by atoms with Crippen LogP contribution in [0.4, 0.5) is 0 Å². The molecule has 8 heteroatoms. The molecule has 3 aromatic heterocycles. The van der Waals surface area contributed by atoms with E-state index in [9.17, 15) is 4.79 Å². The summed E-state index contributed by atoms with van der Waals surface area (Å²) in [5.74, 6) is 0. The zero-order valence-corrected chi connectivity index (χ0v) is 20.1. The van der Waals surface area contributed by atoms with Crippen molar-refractivity contribution in [3.63, 3.8) is 0 Å². The van der Waals surface area contributed by atoms with E-state index < -0.39 is 0 Å². The van der Waals surface area contributed by atoms with Crippen molar-refractivity contribution >= 4 is 49.8 Å². The summed E-state index contributed by atoms with van der Waals surface area (Å²) < 4.78 is 2.61. The summed E-state index contributed by atoms with van der Waals surface area (Å²) in [6.45, 7) is 4.60. The molecule has 168 valence electrons. The number of thiazole rings is 1. The van der Waals surface area contributed by atoms with Gasteiger partial charge in [-0.05, 0) is 55.7 Å². The van der Waals surface area contributed by atoms with E-state index in [1.807, 2.05) is 55.6 Å². The monoisotopic (exact) mass is 477 g/mol. The second-order valence-electron chi connectivity index (χ2n) is 8.04. The number of benzene rings is 2. The second kappa shape index (κ2) is 9.00. The fourth-order valence-electron chi connectivity index (χ4n) is 4.16. The number of halogens is 1. The highest BCUT2D eigenvalue weighted by molar-refractivity contribution is 7.20. The van der Waals surface area contributed by atoms with Gasteiger partial charge in [-0.1, -0.05) is 48.4 Å². The van der Waals surface area contributed by atoms with Crippen LogP contribution in [0, 0.1) is 0 Å². The van der Waals surface area contributed by atoms with E-state index in [4.69, 9.17) is 16.6 Å². The first kappa shape index (κ1) is 21.7. The van der Waals surface area contributed by atoms with Crippen LogP contribution in [-0.2, 0) is 12.8 Å². The minimum absolute atomic E-state index is 0.0994. The smallest absolute Gasteiger partial charge is 0.282 e. The molecular weight excluding hydrogens is 454 g/mol. The molecule has 0 amide bonds. The number of aryl methyl sites for hydroxylation is 1. The SMILES string of the molecule is CCCc1[nH]n(-c2nc3ccccc3s2)c(=O)c1C(C)=NCCc1c[nH]c2ccc(Cl)cc12. The van der Waals surface area contributed by atoms with E-state index in [1.165, 1.54) is 16.9 Å². The molecule has 3 heterocycles. The van der Waals surface area contributed by atoms with Crippen LogP contribution in [0.5, 0.6) is 0 Å². The van der Waals surface area contributed by atoms with Crippen LogP contribution in [0.15, 0.2) is 58.4 Å². The van der Waals surface area contributed by atoms with Gasteiger partial charge in [-0.15, -0.1) is 0 Å². The quantitative estimate of drug-likeness (QED) is 0.285. The molecule has 33 heavy (non-hydrogen) atoms. The average Bonchev–Trinajstić information content (AvgIpc) is 3.49. The maximum absolute atomic E-state index is 13.4. The first-order chi connectivity index (χ1) is 16.0. The number of hydrogen-bond acceptors (Lipinski definition) is 4. The Morgan fingerprint density at radius 1 is 1.21 bits per heavy atom. The summed E-state index contributed by atoms with van der Waals surface area (Å²) in [7, 11) is 0. The van der Waals surface area contributed by atoms with Gasteiger partial charge in [0.25, 0.3) is 5.56 Å². The molecular formula is C25H24ClN5OS. The number of para-hydroxylation sites is 1. The largest absolute Gasteiger partial charge is 0.361 e. The van der Waals surface area contributed by atoms with Crippen molar-refractivity contribution in [3.05, 3.63) is 80.9 Å². The number of aromatic amines is 2. The normalized spacial score (nSPS) is 12.3. The Morgan fingerprint density at radius 2 is 2.06 bits per heavy atom. The summed E-state index contributed by atoms with van der Waals surface area (Å²) in [6.07, 6.45) is 4.47. The zero-order chi connectivity index (χ0) is 22.9. The third kappa shape index (κ3) is 4.14. The highest BCUT2D eigenvalue weighted by Gasteiger charge is 2.19. The Hall–Kier alpha value is -3.16. The summed E-state index contributed by atoms with van der Waals surface area (Å²) in [5, 5.41) is 5.77. The molecule has 0 radical (unpaired) electrons. The van der Waals surface area contributed by atoms with E-state index in [0.29, 0.717) is 17.2 Å². The lowest BCUT2D eigenvalue weighted by Crippen LogP contribution is -2.20. The molecule has 0 aliphatic carbocycles. The predicted octanol–water partition coefficient (Wildman–Crippen LogP) is 5.91. The Kier molecular flexibility index (Phi) is 5.91. The van der Waals surface area contributed by atoms with Crippen LogP contribution in [0.25, 0.3) is 26.3 Å². The standard InChI is InChI=1S/C25H24ClN5OS/c1-3-6-21-23(24(32)31(30-21)25-29-20-7-4-5-8-22(20)33-25)15(2)27-12-11-16-14-28-19-10-9-17(26)13-18(16)19/h4-5,7-10,13-14,28,30H,3,6,11-12H2,1-2H3. The van der Waals surface area contributed by atoms with Gasteiger partial charge in [-0.25, -0.2) is 4.98 Å².